The summed E-state index contributed by atoms with van der Waals surface area (Å²) < 4.78 is 12.9. The summed E-state index contributed by atoms with van der Waals surface area (Å²) in [4.78, 5) is 38.7. The van der Waals surface area contributed by atoms with Gasteiger partial charge in [-0.05, 0) is 73.7 Å². The van der Waals surface area contributed by atoms with Crippen LogP contribution in [0.4, 0.5) is 15.8 Å². The highest BCUT2D eigenvalue weighted by molar-refractivity contribution is 6.00. The Hall–Kier alpha value is -3.02. The molecule has 0 radical (unpaired) electrons. The van der Waals surface area contributed by atoms with Crippen molar-refractivity contribution in [3.63, 3.8) is 0 Å². The second-order valence-corrected chi connectivity index (χ2v) is 7.69. The first-order chi connectivity index (χ1) is 14.0. The molecule has 0 spiro atoms. The monoisotopic (exact) mass is 394 g/mol. The smallest absolute Gasteiger partial charge is 0.230 e. The highest BCUT2D eigenvalue weighted by atomic mass is 19.1. The van der Waals surface area contributed by atoms with E-state index in [1.807, 2.05) is 17.0 Å². The molecule has 2 aliphatic rings. The molecule has 1 N–H and O–H groups in total. The van der Waals surface area contributed by atoms with Crippen LogP contribution in [0.25, 0.3) is 0 Å². The number of carbonyl (C=O) groups excluding carboxylic acids is 3. The highest BCUT2D eigenvalue weighted by Gasteiger charge is 2.35. The first-order valence-electron chi connectivity index (χ1n) is 10.0. The number of amides is 2. The summed E-state index contributed by atoms with van der Waals surface area (Å²) in [5.41, 5.74) is 3.07. The molecule has 2 amide bonds. The van der Waals surface area contributed by atoms with Gasteiger partial charge in [-0.1, -0.05) is 0 Å². The Morgan fingerprint density at radius 1 is 1.03 bits per heavy atom. The van der Waals surface area contributed by atoms with Gasteiger partial charge in [-0.2, -0.15) is 0 Å². The molecule has 1 fully saturated rings. The molecule has 1 heterocycles. The molecule has 29 heavy (non-hydrogen) atoms. The van der Waals surface area contributed by atoms with Crippen molar-refractivity contribution >= 4 is 29.0 Å². The Kier molecular flexibility index (Phi) is 5.43. The SMILES string of the molecule is O=C(CCC(=O)c1ccc(F)cc1)Nc1ccc2c(c1)CCCN2C(=O)C1CC1. The van der Waals surface area contributed by atoms with Gasteiger partial charge in [0.1, 0.15) is 5.82 Å². The molecular weight excluding hydrogens is 371 g/mol. The van der Waals surface area contributed by atoms with Crippen LogP contribution >= 0.6 is 0 Å². The van der Waals surface area contributed by atoms with Crippen molar-refractivity contribution in [3.05, 3.63) is 59.4 Å². The Morgan fingerprint density at radius 3 is 2.52 bits per heavy atom. The third-order valence-electron chi connectivity index (χ3n) is 5.42. The summed E-state index contributed by atoms with van der Waals surface area (Å²) in [5, 5.41) is 2.83. The maximum atomic E-state index is 12.9. The van der Waals surface area contributed by atoms with Gasteiger partial charge in [-0.25, -0.2) is 4.39 Å². The average molecular weight is 394 g/mol. The number of Topliss-reactive ketones (excluding diaryl/α,β-unsaturated/α-hetero) is 1. The molecule has 1 aliphatic heterocycles. The zero-order valence-electron chi connectivity index (χ0n) is 16.1. The minimum Gasteiger partial charge on any atom is -0.326 e. The Balaban J connectivity index is 1.35. The molecule has 150 valence electrons. The summed E-state index contributed by atoms with van der Waals surface area (Å²) in [6.45, 7) is 0.750. The van der Waals surface area contributed by atoms with Crippen LogP contribution < -0.4 is 10.2 Å². The van der Waals surface area contributed by atoms with Crippen molar-refractivity contribution in [3.8, 4) is 0 Å². The Labute approximate surface area is 168 Å². The fraction of sp³-hybridized carbons (Fsp3) is 0.348. The van der Waals surface area contributed by atoms with E-state index in [4.69, 9.17) is 0 Å². The zero-order chi connectivity index (χ0) is 20.4. The van der Waals surface area contributed by atoms with Crippen molar-refractivity contribution in [1.29, 1.82) is 0 Å². The molecule has 0 bridgehead atoms. The molecule has 6 heteroatoms. The Morgan fingerprint density at radius 2 is 1.79 bits per heavy atom. The number of nitrogens with zero attached hydrogens (tertiary/aromatic N) is 1. The second-order valence-electron chi connectivity index (χ2n) is 7.69. The molecule has 0 saturated heterocycles. The van der Waals surface area contributed by atoms with Crippen LogP contribution in [0.15, 0.2) is 42.5 Å². The summed E-state index contributed by atoms with van der Waals surface area (Å²) in [5.74, 6) is -0.452. The predicted octanol–water partition coefficient (Wildman–Crippen LogP) is 4.12. The van der Waals surface area contributed by atoms with Crippen LogP contribution in [0.2, 0.25) is 0 Å². The fourth-order valence-corrected chi connectivity index (χ4v) is 3.69. The van der Waals surface area contributed by atoms with Crippen LogP contribution in [0, 0.1) is 11.7 Å². The van der Waals surface area contributed by atoms with E-state index in [9.17, 15) is 18.8 Å². The van der Waals surface area contributed by atoms with Crippen LogP contribution in [0.1, 0.15) is 48.0 Å². The van der Waals surface area contributed by atoms with E-state index in [0.29, 0.717) is 11.3 Å². The lowest BCUT2D eigenvalue weighted by Gasteiger charge is -2.30. The topological polar surface area (TPSA) is 66.5 Å². The predicted molar refractivity (Wildman–Crippen MR) is 108 cm³/mol. The number of aryl methyl sites for hydroxylation is 1. The van der Waals surface area contributed by atoms with Gasteiger partial charge < -0.3 is 10.2 Å². The molecule has 4 rings (SSSR count). The van der Waals surface area contributed by atoms with Gasteiger partial charge in [0, 0.05) is 42.2 Å². The molecule has 0 aromatic heterocycles. The van der Waals surface area contributed by atoms with E-state index in [1.165, 1.54) is 24.3 Å². The number of hydrogen-bond acceptors (Lipinski definition) is 3. The van der Waals surface area contributed by atoms with Crippen LogP contribution in [0.3, 0.4) is 0 Å². The average Bonchev–Trinajstić information content (AvgIpc) is 3.57. The van der Waals surface area contributed by atoms with E-state index >= 15 is 0 Å². The summed E-state index contributed by atoms with van der Waals surface area (Å²) >= 11 is 0. The maximum absolute atomic E-state index is 12.9. The number of ketones is 1. The number of anilines is 2. The molecule has 5 nitrogen and oxygen atoms in total. The number of hydrogen-bond donors (Lipinski definition) is 1. The van der Waals surface area contributed by atoms with E-state index in [-0.39, 0.29) is 36.4 Å². The normalized spacial score (nSPS) is 15.6. The van der Waals surface area contributed by atoms with Gasteiger partial charge in [0.05, 0.1) is 0 Å². The van der Waals surface area contributed by atoms with E-state index < -0.39 is 5.82 Å². The van der Waals surface area contributed by atoms with Crippen molar-refractivity contribution < 1.29 is 18.8 Å². The number of nitrogens with one attached hydrogen (secondary N) is 1. The van der Waals surface area contributed by atoms with Crippen molar-refractivity contribution in [2.45, 2.75) is 38.5 Å². The Bertz CT molecular complexity index is 951. The third kappa shape index (κ3) is 4.53. The van der Waals surface area contributed by atoms with E-state index in [2.05, 4.69) is 5.32 Å². The van der Waals surface area contributed by atoms with Crippen molar-refractivity contribution in [1.82, 2.24) is 0 Å². The molecule has 2 aromatic carbocycles. The first-order valence-corrected chi connectivity index (χ1v) is 10.0. The van der Waals surface area contributed by atoms with Crippen molar-refractivity contribution in [2.24, 2.45) is 5.92 Å². The van der Waals surface area contributed by atoms with E-state index in [1.54, 1.807) is 6.07 Å². The molecule has 1 saturated carbocycles. The van der Waals surface area contributed by atoms with Crippen LogP contribution in [-0.4, -0.2) is 24.1 Å². The largest absolute Gasteiger partial charge is 0.326 e. The summed E-state index contributed by atoms with van der Waals surface area (Å²) in [7, 11) is 0. The zero-order valence-corrected chi connectivity index (χ0v) is 16.1. The third-order valence-corrected chi connectivity index (χ3v) is 5.42. The van der Waals surface area contributed by atoms with Gasteiger partial charge in [-0.3, -0.25) is 14.4 Å². The lowest BCUT2D eigenvalue weighted by atomic mass is 10.00. The number of carbonyl (C=O) groups is 3. The number of fused-ring (bicyclic) bond motifs is 1. The minimum absolute atomic E-state index is 0.0551. The molecular formula is C23H23FN2O3. The van der Waals surface area contributed by atoms with Gasteiger partial charge in [0.2, 0.25) is 11.8 Å². The molecule has 2 aromatic rings. The fourth-order valence-electron chi connectivity index (χ4n) is 3.69. The highest BCUT2D eigenvalue weighted by Crippen LogP contribution is 2.36. The maximum Gasteiger partial charge on any atom is 0.230 e. The first kappa shape index (κ1) is 19.3. The van der Waals surface area contributed by atoms with Crippen LogP contribution in [-0.2, 0) is 16.0 Å². The van der Waals surface area contributed by atoms with Gasteiger partial charge >= 0.3 is 0 Å². The van der Waals surface area contributed by atoms with Gasteiger partial charge in [0.25, 0.3) is 0 Å². The lowest BCUT2D eigenvalue weighted by molar-refractivity contribution is -0.120. The van der Waals surface area contributed by atoms with Gasteiger partial charge in [0.15, 0.2) is 5.78 Å². The van der Waals surface area contributed by atoms with Crippen LogP contribution in [0.5, 0.6) is 0 Å². The molecule has 0 atom stereocenters. The van der Waals surface area contributed by atoms with E-state index in [0.717, 1.165) is 43.5 Å². The number of halogens is 1. The summed E-state index contributed by atoms with van der Waals surface area (Å²) in [6, 6.07) is 10.9. The van der Waals surface area contributed by atoms with Gasteiger partial charge in [-0.15, -0.1) is 0 Å². The lowest BCUT2D eigenvalue weighted by Crippen LogP contribution is -2.36. The standard InChI is InChI=1S/C23H23FN2O3/c24-18-7-5-15(6-8-18)21(27)11-12-22(28)25-19-9-10-20-17(14-19)2-1-13-26(20)23(29)16-3-4-16/h5-10,14,16H,1-4,11-13H2,(H,25,28). The second kappa shape index (κ2) is 8.15. The quantitative estimate of drug-likeness (QED) is 0.750. The molecule has 0 unspecified atom stereocenters. The van der Waals surface area contributed by atoms with Crippen molar-refractivity contribution in [2.75, 3.05) is 16.8 Å². The molecule has 1 aliphatic carbocycles. The number of benzene rings is 2. The summed E-state index contributed by atoms with van der Waals surface area (Å²) in [6.07, 6.45) is 3.86. The minimum atomic E-state index is -0.399. The number of rotatable bonds is 6.